The lowest BCUT2D eigenvalue weighted by atomic mass is 10.1. The number of hydrogen-bond donors (Lipinski definition) is 1. The Kier molecular flexibility index (Phi) is 6.24. The Hall–Kier alpha value is -2.67. The van der Waals surface area contributed by atoms with Gasteiger partial charge in [-0.15, -0.1) is 0 Å². The molecule has 0 saturated carbocycles. The van der Waals surface area contributed by atoms with E-state index < -0.39 is 6.04 Å². The summed E-state index contributed by atoms with van der Waals surface area (Å²) in [6.45, 7) is 5.39. The zero-order chi connectivity index (χ0) is 19.2. The highest BCUT2D eigenvalue weighted by Crippen LogP contribution is 2.20. The number of aromatic nitrogens is 2. The fourth-order valence-corrected chi connectivity index (χ4v) is 3.02. The number of nitrogens with zero attached hydrogens (tertiary/aromatic N) is 2. The lowest BCUT2D eigenvalue weighted by Gasteiger charge is -2.16. The van der Waals surface area contributed by atoms with E-state index in [9.17, 15) is 9.59 Å². The molecular formula is C20H25N3O4. The molecule has 144 valence electrons. The van der Waals surface area contributed by atoms with E-state index >= 15 is 0 Å². The molecule has 2 atom stereocenters. The quantitative estimate of drug-likeness (QED) is 0.807. The van der Waals surface area contributed by atoms with Gasteiger partial charge in [0, 0.05) is 24.8 Å². The third-order valence-corrected chi connectivity index (χ3v) is 4.56. The molecule has 1 saturated heterocycles. The molecule has 27 heavy (non-hydrogen) atoms. The first-order valence-corrected chi connectivity index (χ1v) is 9.31. The van der Waals surface area contributed by atoms with Gasteiger partial charge in [-0.2, -0.15) is 5.10 Å². The van der Waals surface area contributed by atoms with Crippen molar-refractivity contribution in [2.75, 3.05) is 19.8 Å². The van der Waals surface area contributed by atoms with E-state index in [1.807, 2.05) is 31.2 Å². The van der Waals surface area contributed by atoms with E-state index in [0.29, 0.717) is 18.8 Å². The highest BCUT2D eigenvalue weighted by Gasteiger charge is 2.21. The van der Waals surface area contributed by atoms with E-state index in [1.165, 1.54) is 10.7 Å². The van der Waals surface area contributed by atoms with Crippen molar-refractivity contribution in [1.29, 1.82) is 0 Å². The van der Waals surface area contributed by atoms with Crippen LogP contribution in [0.2, 0.25) is 0 Å². The Morgan fingerprint density at radius 1 is 1.33 bits per heavy atom. The second-order valence-electron chi connectivity index (χ2n) is 6.51. The topological polar surface area (TPSA) is 82.5 Å². The molecule has 7 nitrogen and oxygen atoms in total. The highest BCUT2D eigenvalue weighted by atomic mass is 16.5. The maximum atomic E-state index is 12.4. The van der Waals surface area contributed by atoms with Gasteiger partial charge in [0.2, 0.25) is 5.91 Å². The number of nitrogens with one attached hydrogen (secondary N) is 1. The van der Waals surface area contributed by atoms with Crippen molar-refractivity contribution >= 4 is 5.91 Å². The van der Waals surface area contributed by atoms with Crippen LogP contribution < -0.4 is 15.6 Å². The van der Waals surface area contributed by atoms with Crippen molar-refractivity contribution in [3.8, 4) is 17.0 Å². The van der Waals surface area contributed by atoms with Gasteiger partial charge < -0.3 is 14.8 Å². The molecule has 1 aromatic heterocycles. The monoisotopic (exact) mass is 371 g/mol. The minimum atomic E-state index is -0.707. The molecule has 1 fully saturated rings. The Labute approximate surface area is 158 Å². The smallest absolute Gasteiger partial charge is 0.267 e. The zero-order valence-corrected chi connectivity index (χ0v) is 15.7. The number of rotatable bonds is 7. The summed E-state index contributed by atoms with van der Waals surface area (Å²) in [5.41, 5.74) is 1.15. The zero-order valence-electron chi connectivity index (χ0n) is 15.7. The lowest BCUT2D eigenvalue weighted by molar-refractivity contribution is -0.124. The van der Waals surface area contributed by atoms with Crippen molar-refractivity contribution in [3.05, 3.63) is 46.8 Å². The number of amides is 1. The molecule has 1 aromatic carbocycles. The molecule has 0 bridgehead atoms. The molecule has 0 radical (unpaired) electrons. The van der Waals surface area contributed by atoms with Crippen LogP contribution in [-0.4, -0.2) is 41.6 Å². The summed E-state index contributed by atoms with van der Waals surface area (Å²) in [4.78, 5) is 24.7. The SMILES string of the molecule is CCOc1ccc(-c2ccc(=O)n(C(C)C(=O)NCC3CCCO3)n2)cc1. The van der Waals surface area contributed by atoms with Crippen molar-refractivity contribution in [2.45, 2.75) is 38.8 Å². The normalized spacial score (nSPS) is 17.5. The number of hydrogen-bond acceptors (Lipinski definition) is 5. The van der Waals surface area contributed by atoms with Gasteiger partial charge in [0.25, 0.3) is 5.56 Å². The lowest BCUT2D eigenvalue weighted by Crippen LogP contribution is -2.39. The Morgan fingerprint density at radius 3 is 2.78 bits per heavy atom. The van der Waals surface area contributed by atoms with E-state index in [1.54, 1.807) is 13.0 Å². The van der Waals surface area contributed by atoms with Gasteiger partial charge in [-0.05, 0) is 57.0 Å². The van der Waals surface area contributed by atoms with Gasteiger partial charge in [0.15, 0.2) is 0 Å². The van der Waals surface area contributed by atoms with Crippen LogP contribution in [0.25, 0.3) is 11.3 Å². The fraction of sp³-hybridized carbons (Fsp3) is 0.450. The minimum Gasteiger partial charge on any atom is -0.494 e. The van der Waals surface area contributed by atoms with Crippen LogP contribution >= 0.6 is 0 Å². The molecule has 1 amide bonds. The number of carbonyl (C=O) groups is 1. The van der Waals surface area contributed by atoms with Gasteiger partial charge in [0.05, 0.1) is 18.4 Å². The van der Waals surface area contributed by atoms with Crippen LogP contribution in [0.4, 0.5) is 0 Å². The molecule has 2 unspecified atom stereocenters. The number of carbonyl (C=O) groups excluding carboxylic acids is 1. The molecule has 1 N–H and O–H groups in total. The van der Waals surface area contributed by atoms with E-state index in [-0.39, 0.29) is 17.6 Å². The Morgan fingerprint density at radius 2 is 2.11 bits per heavy atom. The van der Waals surface area contributed by atoms with Crippen molar-refractivity contribution in [3.63, 3.8) is 0 Å². The molecule has 1 aliphatic heterocycles. The predicted molar refractivity (Wildman–Crippen MR) is 102 cm³/mol. The van der Waals surface area contributed by atoms with Gasteiger partial charge in [-0.1, -0.05) is 0 Å². The van der Waals surface area contributed by atoms with Crippen LogP contribution in [-0.2, 0) is 9.53 Å². The summed E-state index contributed by atoms with van der Waals surface area (Å²) < 4.78 is 12.2. The summed E-state index contributed by atoms with van der Waals surface area (Å²) in [7, 11) is 0. The number of benzene rings is 1. The highest BCUT2D eigenvalue weighted by molar-refractivity contribution is 5.79. The molecule has 0 spiro atoms. The second-order valence-corrected chi connectivity index (χ2v) is 6.51. The average molecular weight is 371 g/mol. The summed E-state index contributed by atoms with van der Waals surface area (Å²) >= 11 is 0. The van der Waals surface area contributed by atoms with Crippen LogP contribution in [0, 0.1) is 0 Å². The molecule has 3 rings (SSSR count). The van der Waals surface area contributed by atoms with Crippen molar-refractivity contribution in [1.82, 2.24) is 15.1 Å². The maximum absolute atomic E-state index is 12.4. The fourth-order valence-electron chi connectivity index (χ4n) is 3.02. The van der Waals surface area contributed by atoms with Gasteiger partial charge in [-0.25, -0.2) is 4.68 Å². The average Bonchev–Trinajstić information content (AvgIpc) is 3.20. The summed E-state index contributed by atoms with van der Waals surface area (Å²) in [6, 6.07) is 9.85. The van der Waals surface area contributed by atoms with Crippen LogP contribution in [0.3, 0.4) is 0 Å². The van der Waals surface area contributed by atoms with Gasteiger partial charge in [0.1, 0.15) is 11.8 Å². The van der Waals surface area contributed by atoms with Crippen LogP contribution in [0.1, 0.15) is 32.7 Å². The molecule has 1 aliphatic rings. The molecule has 0 aliphatic carbocycles. The Bertz CT molecular complexity index is 826. The molecular weight excluding hydrogens is 346 g/mol. The van der Waals surface area contributed by atoms with E-state index in [0.717, 1.165) is 30.8 Å². The third-order valence-electron chi connectivity index (χ3n) is 4.56. The van der Waals surface area contributed by atoms with Crippen molar-refractivity contribution in [2.24, 2.45) is 0 Å². The van der Waals surface area contributed by atoms with Crippen LogP contribution in [0.5, 0.6) is 5.75 Å². The minimum absolute atomic E-state index is 0.0565. The molecule has 2 heterocycles. The van der Waals surface area contributed by atoms with E-state index in [4.69, 9.17) is 9.47 Å². The summed E-state index contributed by atoms with van der Waals surface area (Å²) in [5, 5.41) is 7.24. The first-order chi connectivity index (χ1) is 13.1. The summed E-state index contributed by atoms with van der Waals surface area (Å²) in [5.74, 6) is 0.528. The first kappa shape index (κ1) is 19.1. The van der Waals surface area contributed by atoms with Crippen LogP contribution in [0.15, 0.2) is 41.2 Å². The second kappa shape index (κ2) is 8.81. The standard InChI is InChI=1S/C20H25N3O4/c1-3-26-16-8-6-15(7-9-16)18-10-11-19(24)23(22-18)14(2)20(25)21-13-17-5-4-12-27-17/h6-11,14,17H,3-5,12-13H2,1-2H3,(H,21,25). The number of ether oxygens (including phenoxy) is 2. The van der Waals surface area contributed by atoms with Gasteiger partial charge >= 0.3 is 0 Å². The summed E-state index contributed by atoms with van der Waals surface area (Å²) in [6.07, 6.45) is 2.02. The largest absolute Gasteiger partial charge is 0.494 e. The molecule has 2 aromatic rings. The molecule has 7 heteroatoms. The van der Waals surface area contributed by atoms with Gasteiger partial charge in [-0.3, -0.25) is 9.59 Å². The third kappa shape index (κ3) is 4.74. The van der Waals surface area contributed by atoms with E-state index in [2.05, 4.69) is 10.4 Å². The first-order valence-electron chi connectivity index (χ1n) is 9.31. The Balaban J connectivity index is 1.73. The van der Waals surface area contributed by atoms with Crippen molar-refractivity contribution < 1.29 is 14.3 Å². The predicted octanol–water partition coefficient (Wildman–Crippen LogP) is 2.17. The maximum Gasteiger partial charge on any atom is 0.267 e.